The quantitative estimate of drug-likeness (QED) is 0.856. The van der Waals surface area contributed by atoms with Crippen molar-refractivity contribution in [3.63, 3.8) is 0 Å². The van der Waals surface area contributed by atoms with E-state index in [4.69, 9.17) is 4.74 Å². The summed E-state index contributed by atoms with van der Waals surface area (Å²) in [6.45, 7) is 8.46. The fourth-order valence-corrected chi connectivity index (χ4v) is 3.19. The predicted octanol–water partition coefficient (Wildman–Crippen LogP) is 2.19. The maximum absolute atomic E-state index is 5.59. The van der Waals surface area contributed by atoms with Crippen molar-refractivity contribution in [1.82, 2.24) is 10.2 Å². The van der Waals surface area contributed by atoms with E-state index in [-0.39, 0.29) is 0 Å². The summed E-state index contributed by atoms with van der Waals surface area (Å²) < 4.78 is 5.59. The average molecular weight is 268 g/mol. The van der Waals surface area contributed by atoms with Gasteiger partial charge in [0.25, 0.3) is 0 Å². The normalized spacial score (nSPS) is 24.3. The van der Waals surface area contributed by atoms with Gasteiger partial charge in [-0.15, -0.1) is 11.3 Å². The van der Waals surface area contributed by atoms with Crippen LogP contribution in [0.25, 0.3) is 0 Å². The summed E-state index contributed by atoms with van der Waals surface area (Å²) >= 11 is 1.84. The highest BCUT2D eigenvalue weighted by Gasteiger charge is 2.29. The van der Waals surface area contributed by atoms with Gasteiger partial charge in [0, 0.05) is 36.0 Å². The standard InChI is InChI=1S/C14H24N2OS/c1-11(2)16(8-13-5-4-6-18-13)7-12-9-17-10-14(12)15-3/h4-6,11-12,14-15H,7-10H2,1-3H3. The van der Waals surface area contributed by atoms with Crippen LogP contribution in [-0.4, -0.2) is 43.8 Å². The van der Waals surface area contributed by atoms with Crippen molar-refractivity contribution < 1.29 is 4.74 Å². The Labute approximate surface area is 114 Å². The predicted molar refractivity (Wildman–Crippen MR) is 77.0 cm³/mol. The van der Waals surface area contributed by atoms with Crippen LogP contribution in [-0.2, 0) is 11.3 Å². The molecule has 0 spiro atoms. The molecule has 1 N–H and O–H groups in total. The highest BCUT2D eigenvalue weighted by molar-refractivity contribution is 7.09. The van der Waals surface area contributed by atoms with Gasteiger partial charge in [-0.3, -0.25) is 4.90 Å². The Morgan fingerprint density at radius 1 is 1.50 bits per heavy atom. The van der Waals surface area contributed by atoms with Crippen molar-refractivity contribution in [3.05, 3.63) is 22.4 Å². The smallest absolute Gasteiger partial charge is 0.0623 e. The van der Waals surface area contributed by atoms with Crippen molar-refractivity contribution in [2.75, 3.05) is 26.8 Å². The van der Waals surface area contributed by atoms with Crippen molar-refractivity contribution in [2.45, 2.75) is 32.5 Å². The molecule has 0 bridgehead atoms. The first-order chi connectivity index (χ1) is 8.70. The van der Waals surface area contributed by atoms with Crippen molar-refractivity contribution >= 4 is 11.3 Å². The van der Waals surface area contributed by atoms with Crippen LogP contribution in [0.3, 0.4) is 0 Å². The van der Waals surface area contributed by atoms with E-state index in [9.17, 15) is 0 Å². The molecule has 2 unspecified atom stereocenters. The van der Waals surface area contributed by atoms with Crippen LogP contribution >= 0.6 is 11.3 Å². The second kappa shape index (κ2) is 6.66. The number of nitrogens with zero attached hydrogens (tertiary/aromatic N) is 1. The Kier molecular flexibility index (Phi) is 5.18. The lowest BCUT2D eigenvalue weighted by Gasteiger charge is -2.30. The fourth-order valence-electron chi connectivity index (χ4n) is 2.46. The first-order valence-electron chi connectivity index (χ1n) is 6.72. The molecule has 1 saturated heterocycles. The van der Waals surface area contributed by atoms with Crippen molar-refractivity contribution in [3.8, 4) is 0 Å². The van der Waals surface area contributed by atoms with E-state index in [1.54, 1.807) is 0 Å². The first kappa shape index (κ1) is 14.0. The zero-order chi connectivity index (χ0) is 13.0. The molecule has 1 aromatic rings. The molecule has 1 fully saturated rings. The van der Waals surface area contributed by atoms with E-state index in [0.717, 1.165) is 26.3 Å². The van der Waals surface area contributed by atoms with E-state index in [1.807, 2.05) is 18.4 Å². The monoisotopic (exact) mass is 268 g/mol. The van der Waals surface area contributed by atoms with Gasteiger partial charge in [-0.05, 0) is 32.3 Å². The van der Waals surface area contributed by atoms with Gasteiger partial charge in [-0.1, -0.05) is 6.07 Å². The summed E-state index contributed by atoms with van der Waals surface area (Å²) in [5, 5.41) is 5.52. The molecular formula is C14H24N2OS. The number of hydrogen-bond acceptors (Lipinski definition) is 4. The summed E-state index contributed by atoms with van der Waals surface area (Å²) in [5.74, 6) is 0.609. The molecule has 3 nitrogen and oxygen atoms in total. The Morgan fingerprint density at radius 3 is 2.94 bits per heavy atom. The molecule has 2 atom stereocenters. The number of ether oxygens (including phenoxy) is 1. The SMILES string of the molecule is CNC1COCC1CN(Cc1cccs1)C(C)C. The van der Waals surface area contributed by atoms with Gasteiger partial charge in [-0.2, -0.15) is 0 Å². The summed E-state index contributed by atoms with van der Waals surface area (Å²) in [5.41, 5.74) is 0. The van der Waals surface area contributed by atoms with Crippen LogP contribution in [0.1, 0.15) is 18.7 Å². The van der Waals surface area contributed by atoms with Crippen LogP contribution in [0.2, 0.25) is 0 Å². The van der Waals surface area contributed by atoms with Crippen LogP contribution in [0, 0.1) is 5.92 Å². The molecule has 2 heterocycles. The van der Waals surface area contributed by atoms with E-state index in [0.29, 0.717) is 18.0 Å². The zero-order valence-electron chi connectivity index (χ0n) is 11.6. The average Bonchev–Trinajstić information content (AvgIpc) is 2.98. The zero-order valence-corrected chi connectivity index (χ0v) is 12.4. The van der Waals surface area contributed by atoms with Gasteiger partial charge < -0.3 is 10.1 Å². The lowest BCUT2D eigenvalue weighted by Crippen LogP contribution is -2.42. The van der Waals surface area contributed by atoms with Crippen molar-refractivity contribution in [2.24, 2.45) is 5.92 Å². The number of hydrogen-bond donors (Lipinski definition) is 1. The minimum absolute atomic E-state index is 0.509. The van der Waals surface area contributed by atoms with E-state index >= 15 is 0 Å². The Balaban J connectivity index is 1.93. The molecule has 0 aliphatic carbocycles. The third-order valence-corrected chi connectivity index (χ3v) is 4.57. The Bertz CT molecular complexity index is 340. The molecule has 1 aliphatic heterocycles. The third kappa shape index (κ3) is 3.54. The molecule has 0 radical (unpaired) electrons. The van der Waals surface area contributed by atoms with Gasteiger partial charge in [0.2, 0.25) is 0 Å². The summed E-state index contributed by atoms with van der Waals surface area (Å²) in [6, 6.07) is 5.44. The van der Waals surface area contributed by atoms with Crippen LogP contribution in [0.4, 0.5) is 0 Å². The third-order valence-electron chi connectivity index (χ3n) is 3.71. The molecular weight excluding hydrogens is 244 g/mol. The second-order valence-electron chi connectivity index (χ2n) is 5.30. The van der Waals surface area contributed by atoms with Crippen LogP contribution < -0.4 is 5.32 Å². The fraction of sp³-hybridized carbons (Fsp3) is 0.714. The minimum Gasteiger partial charge on any atom is -0.379 e. The van der Waals surface area contributed by atoms with E-state index in [1.165, 1.54) is 4.88 Å². The Morgan fingerprint density at radius 2 is 2.33 bits per heavy atom. The highest BCUT2D eigenvalue weighted by atomic mass is 32.1. The van der Waals surface area contributed by atoms with Crippen LogP contribution in [0.15, 0.2) is 17.5 Å². The Hall–Kier alpha value is -0.420. The largest absolute Gasteiger partial charge is 0.379 e. The summed E-state index contributed by atoms with van der Waals surface area (Å²) in [7, 11) is 2.03. The number of thiophene rings is 1. The molecule has 4 heteroatoms. The second-order valence-corrected chi connectivity index (χ2v) is 6.33. The molecule has 1 aliphatic rings. The number of nitrogens with one attached hydrogen (secondary N) is 1. The van der Waals surface area contributed by atoms with Gasteiger partial charge in [0.05, 0.1) is 13.2 Å². The maximum Gasteiger partial charge on any atom is 0.0623 e. The van der Waals surface area contributed by atoms with E-state index < -0.39 is 0 Å². The molecule has 2 rings (SSSR count). The first-order valence-corrected chi connectivity index (χ1v) is 7.60. The summed E-state index contributed by atoms with van der Waals surface area (Å²) in [4.78, 5) is 4.00. The topological polar surface area (TPSA) is 24.5 Å². The minimum atomic E-state index is 0.509. The molecule has 0 aromatic carbocycles. The number of rotatable bonds is 6. The molecule has 102 valence electrons. The molecule has 18 heavy (non-hydrogen) atoms. The summed E-state index contributed by atoms with van der Waals surface area (Å²) in [6.07, 6.45) is 0. The molecule has 0 amide bonds. The lowest BCUT2D eigenvalue weighted by atomic mass is 10.0. The van der Waals surface area contributed by atoms with Gasteiger partial charge in [0.1, 0.15) is 0 Å². The molecule has 1 aromatic heterocycles. The van der Waals surface area contributed by atoms with Gasteiger partial charge in [-0.25, -0.2) is 0 Å². The van der Waals surface area contributed by atoms with Gasteiger partial charge >= 0.3 is 0 Å². The van der Waals surface area contributed by atoms with E-state index in [2.05, 4.69) is 41.6 Å². The molecule has 0 saturated carbocycles. The lowest BCUT2D eigenvalue weighted by molar-refractivity contribution is 0.148. The van der Waals surface area contributed by atoms with Crippen molar-refractivity contribution in [1.29, 1.82) is 0 Å². The number of likely N-dealkylation sites (N-methyl/N-ethyl adjacent to an activating group) is 1. The van der Waals surface area contributed by atoms with Crippen LogP contribution in [0.5, 0.6) is 0 Å². The maximum atomic E-state index is 5.59. The highest BCUT2D eigenvalue weighted by Crippen LogP contribution is 2.19. The van der Waals surface area contributed by atoms with Gasteiger partial charge in [0.15, 0.2) is 0 Å².